The molecule has 2 N–H and O–H groups in total. The summed E-state index contributed by atoms with van der Waals surface area (Å²) in [6, 6.07) is 12.2. The average Bonchev–Trinajstić information content (AvgIpc) is 3.72. The van der Waals surface area contributed by atoms with E-state index in [9.17, 15) is 19.2 Å². The number of carbonyl (C=O) groups excluding carboxylic acids is 4. The molecule has 2 atom stereocenters. The van der Waals surface area contributed by atoms with Crippen molar-refractivity contribution >= 4 is 57.8 Å². The van der Waals surface area contributed by atoms with Gasteiger partial charge < -0.3 is 10.2 Å². The first kappa shape index (κ1) is 34.8. The first-order valence-corrected chi connectivity index (χ1v) is 18.7. The van der Waals surface area contributed by atoms with Crippen LogP contribution in [0.4, 0.5) is 5.69 Å². The number of halogens is 1. The Morgan fingerprint density at radius 1 is 1.02 bits per heavy atom. The third kappa shape index (κ3) is 6.86. The van der Waals surface area contributed by atoms with Crippen molar-refractivity contribution in [2.45, 2.75) is 90.8 Å². The minimum absolute atomic E-state index is 0.146. The number of amides is 3. The van der Waals surface area contributed by atoms with Gasteiger partial charge >= 0.3 is 0 Å². The molecule has 0 saturated carbocycles. The molecule has 11 nitrogen and oxygen atoms in total. The maximum Gasteiger partial charge on any atom is 0.255 e. The van der Waals surface area contributed by atoms with E-state index in [1.807, 2.05) is 43.3 Å². The smallest absolute Gasteiger partial charge is 0.255 e. The monoisotopic (exact) mass is 725 g/mol. The zero-order valence-corrected chi connectivity index (χ0v) is 30.5. The van der Waals surface area contributed by atoms with Crippen LogP contribution in [0.25, 0.3) is 5.00 Å². The van der Waals surface area contributed by atoms with Gasteiger partial charge in [0, 0.05) is 70.2 Å². The van der Waals surface area contributed by atoms with Gasteiger partial charge in [-0.25, -0.2) is 0 Å². The molecule has 1 fully saturated rings. The molecule has 3 amide bonds. The number of thiophene rings is 1. The van der Waals surface area contributed by atoms with Crippen LogP contribution >= 0.6 is 22.9 Å². The topological polar surface area (TPSA) is 139 Å². The fourth-order valence-electron chi connectivity index (χ4n) is 7.23. The number of hydrogen-bond donors (Lipinski definition) is 2. The van der Waals surface area contributed by atoms with Crippen LogP contribution in [0.2, 0.25) is 5.02 Å². The van der Waals surface area contributed by atoms with Gasteiger partial charge in [0.25, 0.3) is 5.91 Å². The van der Waals surface area contributed by atoms with Gasteiger partial charge in [0.2, 0.25) is 11.8 Å². The SMILES string of the molecule is Cc1sc2c(c1C)C(c1ccc(Cl)cc1)=N[C@@H](CC(=O)CCCCCCNc1cccc3c1CN(C1CCC(=O)NC1=O)C3=O)c1nnc(C)n1-2. The Bertz CT molecular complexity index is 2070. The van der Waals surface area contributed by atoms with Gasteiger partial charge in [0.05, 0.1) is 5.71 Å². The maximum absolute atomic E-state index is 13.4. The Balaban J connectivity index is 0.937. The normalized spacial score (nSPS) is 18.2. The molecule has 13 heteroatoms. The van der Waals surface area contributed by atoms with E-state index in [0.717, 1.165) is 76.7 Å². The summed E-state index contributed by atoms with van der Waals surface area (Å²) in [5.41, 5.74) is 6.35. The van der Waals surface area contributed by atoms with E-state index in [0.29, 0.717) is 35.8 Å². The number of Topliss-reactive ketones (excluding diaryl/α,β-unsaturated/α-hetero) is 1. The van der Waals surface area contributed by atoms with Crippen molar-refractivity contribution in [1.29, 1.82) is 0 Å². The first-order chi connectivity index (χ1) is 24.6. The van der Waals surface area contributed by atoms with Crippen LogP contribution in [0.5, 0.6) is 0 Å². The molecule has 3 aliphatic rings. The molecule has 0 aliphatic carbocycles. The third-order valence-electron chi connectivity index (χ3n) is 10.1. The van der Waals surface area contributed by atoms with Crippen LogP contribution in [0, 0.1) is 20.8 Å². The standard InChI is InChI=1S/C38H40ClN7O4S/c1-21-22(2)51-38-33(21)34(24-12-14-25(39)15-13-24)41-30(35-44-43-23(3)46(35)38)19-26(47)9-6-4-5-7-18-40-29-11-8-10-27-28(29)20-45(37(27)50)31-16-17-32(48)42-36(31)49/h8,10-15,30-31,40H,4-7,9,16-20H2,1-3H3,(H,42,48,49)/t30-,31?/m0/s1. The minimum atomic E-state index is -0.636. The van der Waals surface area contributed by atoms with Crippen molar-refractivity contribution in [3.63, 3.8) is 0 Å². The van der Waals surface area contributed by atoms with Crippen molar-refractivity contribution in [3.8, 4) is 5.00 Å². The number of nitrogens with one attached hydrogen (secondary N) is 2. The largest absolute Gasteiger partial charge is 0.385 e. The van der Waals surface area contributed by atoms with Crippen LogP contribution in [-0.2, 0) is 20.9 Å². The van der Waals surface area contributed by atoms with Crippen LogP contribution in [-0.4, -0.2) is 61.5 Å². The quantitative estimate of drug-likeness (QED) is 0.124. The number of rotatable bonds is 12. The molecule has 264 valence electrons. The number of nitrogens with zero attached hydrogens (tertiary/aromatic N) is 5. The zero-order valence-electron chi connectivity index (χ0n) is 28.9. The molecule has 2 aromatic heterocycles. The number of carbonyl (C=O) groups is 4. The molecule has 2 aromatic carbocycles. The third-order valence-corrected chi connectivity index (χ3v) is 11.5. The van der Waals surface area contributed by atoms with Crippen molar-refractivity contribution in [2.24, 2.45) is 4.99 Å². The number of piperidine rings is 1. The second-order valence-corrected chi connectivity index (χ2v) is 15.1. The second kappa shape index (κ2) is 14.5. The van der Waals surface area contributed by atoms with Crippen molar-refractivity contribution in [3.05, 3.63) is 91.8 Å². The lowest BCUT2D eigenvalue weighted by atomic mass is 9.99. The highest BCUT2D eigenvalue weighted by molar-refractivity contribution is 7.15. The molecule has 5 heterocycles. The Morgan fingerprint density at radius 2 is 1.80 bits per heavy atom. The van der Waals surface area contributed by atoms with Gasteiger partial charge in [-0.3, -0.25) is 34.1 Å². The highest BCUT2D eigenvalue weighted by atomic mass is 35.5. The summed E-state index contributed by atoms with van der Waals surface area (Å²) < 4.78 is 2.07. The van der Waals surface area contributed by atoms with Gasteiger partial charge in [0.1, 0.15) is 28.7 Å². The van der Waals surface area contributed by atoms with Crippen molar-refractivity contribution in [2.75, 3.05) is 11.9 Å². The number of hydrogen-bond acceptors (Lipinski definition) is 9. The summed E-state index contributed by atoms with van der Waals surface area (Å²) in [5.74, 6) is 0.712. The molecule has 1 unspecified atom stereocenters. The number of imide groups is 1. The fourth-order valence-corrected chi connectivity index (χ4v) is 8.57. The van der Waals surface area contributed by atoms with E-state index in [4.69, 9.17) is 16.6 Å². The van der Waals surface area contributed by atoms with E-state index in [2.05, 4.69) is 39.2 Å². The van der Waals surface area contributed by atoms with Crippen LogP contribution < -0.4 is 10.6 Å². The van der Waals surface area contributed by atoms with E-state index in [1.54, 1.807) is 22.3 Å². The molecule has 0 spiro atoms. The summed E-state index contributed by atoms with van der Waals surface area (Å²) in [6.07, 6.45) is 4.83. The number of fused-ring (bicyclic) bond motifs is 4. The summed E-state index contributed by atoms with van der Waals surface area (Å²) in [7, 11) is 0. The highest BCUT2D eigenvalue weighted by Crippen LogP contribution is 2.40. The summed E-state index contributed by atoms with van der Waals surface area (Å²) in [6.45, 7) is 7.22. The minimum Gasteiger partial charge on any atom is -0.385 e. The van der Waals surface area contributed by atoms with E-state index in [-0.39, 0.29) is 30.4 Å². The molecule has 0 bridgehead atoms. The van der Waals surface area contributed by atoms with Crippen LogP contribution in [0.1, 0.15) is 107 Å². The number of ketones is 1. The van der Waals surface area contributed by atoms with Gasteiger partial charge in [0.15, 0.2) is 5.82 Å². The molecule has 1 saturated heterocycles. The van der Waals surface area contributed by atoms with Gasteiger partial charge in [-0.05, 0) is 69.9 Å². The van der Waals surface area contributed by atoms with E-state index < -0.39 is 18.0 Å². The number of benzene rings is 2. The molecule has 51 heavy (non-hydrogen) atoms. The van der Waals surface area contributed by atoms with Gasteiger partial charge in [-0.15, -0.1) is 21.5 Å². The van der Waals surface area contributed by atoms with E-state index in [1.165, 1.54) is 4.88 Å². The van der Waals surface area contributed by atoms with Crippen molar-refractivity contribution < 1.29 is 19.2 Å². The van der Waals surface area contributed by atoms with Gasteiger partial charge in [-0.2, -0.15) is 0 Å². The Morgan fingerprint density at radius 3 is 2.59 bits per heavy atom. The summed E-state index contributed by atoms with van der Waals surface area (Å²) >= 11 is 7.92. The number of unbranched alkanes of at least 4 members (excludes halogenated alkanes) is 3. The predicted octanol–water partition coefficient (Wildman–Crippen LogP) is 6.58. The Labute approximate surface area is 305 Å². The predicted molar refractivity (Wildman–Crippen MR) is 197 cm³/mol. The molecule has 7 rings (SSSR count). The van der Waals surface area contributed by atoms with Crippen LogP contribution in [0.3, 0.4) is 0 Å². The first-order valence-electron chi connectivity index (χ1n) is 17.5. The highest BCUT2D eigenvalue weighted by Gasteiger charge is 2.40. The fraction of sp³-hybridized carbons (Fsp3) is 0.395. The number of anilines is 1. The molecular formula is C38H40ClN7O4S. The lowest BCUT2D eigenvalue weighted by molar-refractivity contribution is -0.137. The molecular weight excluding hydrogens is 686 g/mol. The Hall–Kier alpha value is -4.68. The van der Waals surface area contributed by atoms with Crippen molar-refractivity contribution in [1.82, 2.24) is 25.0 Å². The van der Waals surface area contributed by atoms with E-state index >= 15 is 0 Å². The second-order valence-electron chi connectivity index (χ2n) is 13.5. The summed E-state index contributed by atoms with van der Waals surface area (Å²) in [4.78, 5) is 58.6. The summed E-state index contributed by atoms with van der Waals surface area (Å²) in [5, 5.41) is 16.4. The lowest BCUT2D eigenvalue weighted by Crippen LogP contribution is -2.52. The average molecular weight is 726 g/mol. The molecule has 0 radical (unpaired) electrons. The molecule has 4 aromatic rings. The number of aliphatic imine (C=N–C) groups is 1. The molecule has 3 aliphatic heterocycles. The maximum atomic E-state index is 13.4. The van der Waals surface area contributed by atoms with Crippen LogP contribution in [0.15, 0.2) is 47.5 Å². The zero-order chi connectivity index (χ0) is 35.8. The lowest BCUT2D eigenvalue weighted by Gasteiger charge is -2.29. The number of aryl methyl sites for hydroxylation is 2. The number of aromatic nitrogens is 3. The van der Waals surface area contributed by atoms with Gasteiger partial charge in [-0.1, -0.05) is 42.6 Å². The Kier molecular flexibility index (Phi) is 9.89.